The monoisotopic (exact) mass is 223 g/mol. The minimum Gasteiger partial charge on any atom is -0.389 e. The fraction of sp³-hybridized carbons (Fsp3) is 0.750. The molecule has 0 saturated heterocycles. The van der Waals surface area contributed by atoms with Crippen molar-refractivity contribution in [3.8, 4) is 0 Å². The maximum absolute atomic E-state index is 10.3. The molecule has 1 aliphatic carbocycles. The summed E-state index contributed by atoms with van der Waals surface area (Å²) in [6, 6.07) is 2.18. The molecule has 1 saturated carbocycles. The van der Waals surface area contributed by atoms with E-state index in [4.69, 9.17) is 0 Å². The Kier molecular flexibility index (Phi) is 3.61. The van der Waals surface area contributed by atoms with Gasteiger partial charge in [-0.2, -0.15) is 5.10 Å². The quantitative estimate of drug-likeness (QED) is 0.729. The molecule has 0 radical (unpaired) electrons. The van der Waals surface area contributed by atoms with Crippen LogP contribution in [0, 0.1) is 0 Å². The van der Waals surface area contributed by atoms with Crippen molar-refractivity contribution in [1.82, 2.24) is 15.5 Å². The van der Waals surface area contributed by atoms with Gasteiger partial charge >= 0.3 is 0 Å². The summed E-state index contributed by atoms with van der Waals surface area (Å²) in [5, 5.41) is 20.6. The van der Waals surface area contributed by atoms with Crippen LogP contribution in [-0.4, -0.2) is 27.4 Å². The number of nitrogens with zero attached hydrogens (tertiary/aromatic N) is 1. The zero-order valence-electron chi connectivity index (χ0n) is 9.87. The normalized spacial score (nSPS) is 21.9. The van der Waals surface area contributed by atoms with Gasteiger partial charge in [0.1, 0.15) is 0 Å². The van der Waals surface area contributed by atoms with E-state index < -0.39 is 5.60 Å². The van der Waals surface area contributed by atoms with Crippen molar-refractivity contribution in [3.05, 3.63) is 18.0 Å². The molecule has 1 heterocycles. The van der Waals surface area contributed by atoms with Crippen LogP contribution in [-0.2, 0) is 0 Å². The minimum atomic E-state index is -0.494. The van der Waals surface area contributed by atoms with E-state index in [1.54, 1.807) is 6.20 Å². The summed E-state index contributed by atoms with van der Waals surface area (Å²) in [5.74, 6) is 0. The SMILES string of the molecule is CC(NCC1(O)CCCCC1)c1ccn[nH]1. The first kappa shape index (κ1) is 11.6. The van der Waals surface area contributed by atoms with Crippen LogP contribution in [0.3, 0.4) is 0 Å². The van der Waals surface area contributed by atoms with Gasteiger partial charge < -0.3 is 10.4 Å². The number of aliphatic hydroxyl groups is 1. The third kappa shape index (κ3) is 2.83. The van der Waals surface area contributed by atoms with E-state index >= 15 is 0 Å². The van der Waals surface area contributed by atoms with E-state index in [9.17, 15) is 5.11 Å². The summed E-state index contributed by atoms with van der Waals surface area (Å²) >= 11 is 0. The summed E-state index contributed by atoms with van der Waals surface area (Å²) in [6.07, 6.45) is 7.17. The topological polar surface area (TPSA) is 60.9 Å². The smallest absolute Gasteiger partial charge is 0.0771 e. The van der Waals surface area contributed by atoms with Crippen molar-refractivity contribution >= 4 is 0 Å². The van der Waals surface area contributed by atoms with Gasteiger partial charge in [0.15, 0.2) is 0 Å². The highest BCUT2D eigenvalue weighted by molar-refractivity contribution is 5.03. The Bertz CT molecular complexity index is 304. The molecule has 1 aromatic heterocycles. The summed E-state index contributed by atoms with van der Waals surface area (Å²) in [7, 11) is 0. The van der Waals surface area contributed by atoms with Crippen LogP contribution in [0.15, 0.2) is 12.3 Å². The molecule has 1 aliphatic rings. The molecule has 1 fully saturated rings. The van der Waals surface area contributed by atoms with E-state index in [0.717, 1.165) is 31.4 Å². The van der Waals surface area contributed by atoms with E-state index in [2.05, 4.69) is 22.4 Å². The lowest BCUT2D eigenvalue weighted by atomic mass is 9.85. The molecule has 0 bridgehead atoms. The largest absolute Gasteiger partial charge is 0.389 e. The Labute approximate surface area is 96.5 Å². The minimum absolute atomic E-state index is 0.216. The molecule has 0 aromatic carbocycles. The second kappa shape index (κ2) is 4.97. The Morgan fingerprint density at radius 3 is 2.88 bits per heavy atom. The first-order valence-corrected chi connectivity index (χ1v) is 6.15. The average molecular weight is 223 g/mol. The number of aromatic nitrogens is 2. The highest BCUT2D eigenvalue weighted by Crippen LogP contribution is 2.27. The first-order valence-electron chi connectivity index (χ1n) is 6.15. The third-order valence-corrected chi connectivity index (χ3v) is 3.51. The van der Waals surface area contributed by atoms with Crippen LogP contribution >= 0.6 is 0 Å². The number of H-pyrrole nitrogens is 1. The number of hydrogen-bond donors (Lipinski definition) is 3. The van der Waals surface area contributed by atoms with Crippen molar-refractivity contribution in [1.29, 1.82) is 0 Å². The molecule has 0 aliphatic heterocycles. The van der Waals surface area contributed by atoms with Crippen LogP contribution in [0.1, 0.15) is 50.8 Å². The second-order valence-electron chi connectivity index (χ2n) is 4.90. The molecule has 1 unspecified atom stereocenters. The lowest BCUT2D eigenvalue weighted by Crippen LogP contribution is -2.42. The van der Waals surface area contributed by atoms with Crippen molar-refractivity contribution in [2.75, 3.05) is 6.54 Å². The van der Waals surface area contributed by atoms with Crippen molar-refractivity contribution < 1.29 is 5.11 Å². The van der Waals surface area contributed by atoms with Crippen LogP contribution in [0.25, 0.3) is 0 Å². The number of hydrogen-bond acceptors (Lipinski definition) is 3. The van der Waals surface area contributed by atoms with Gasteiger partial charge in [-0.05, 0) is 25.8 Å². The first-order chi connectivity index (χ1) is 7.70. The second-order valence-corrected chi connectivity index (χ2v) is 4.90. The fourth-order valence-electron chi connectivity index (χ4n) is 2.35. The van der Waals surface area contributed by atoms with Gasteiger partial charge in [0, 0.05) is 18.8 Å². The molecule has 90 valence electrons. The molecule has 16 heavy (non-hydrogen) atoms. The molecular weight excluding hydrogens is 202 g/mol. The van der Waals surface area contributed by atoms with Gasteiger partial charge in [-0.25, -0.2) is 0 Å². The fourth-order valence-corrected chi connectivity index (χ4v) is 2.35. The van der Waals surface area contributed by atoms with Gasteiger partial charge in [-0.1, -0.05) is 19.3 Å². The van der Waals surface area contributed by atoms with Crippen molar-refractivity contribution in [2.24, 2.45) is 0 Å². The Balaban J connectivity index is 1.82. The van der Waals surface area contributed by atoms with Crippen LogP contribution in [0.5, 0.6) is 0 Å². The molecular formula is C12H21N3O. The molecule has 1 atom stereocenters. The van der Waals surface area contributed by atoms with Gasteiger partial charge in [-0.3, -0.25) is 5.10 Å². The lowest BCUT2D eigenvalue weighted by Gasteiger charge is -2.33. The summed E-state index contributed by atoms with van der Waals surface area (Å²) in [6.45, 7) is 2.76. The molecule has 0 spiro atoms. The van der Waals surface area contributed by atoms with E-state index in [-0.39, 0.29) is 6.04 Å². The molecule has 0 amide bonds. The predicted octanol–water partition coefficient (Wildman–Crippen LogP) is 1.76. The summed E-state index contributed by atoms with van der Waals surface area (Å²) in [5.41, 5.74) is 0.575. The summed E-state index contributed by atoms with van der Waals surface area (Å²) < 4.78 is 0. The zero-order valence-corrected chi connectivity index (χ0v) is 9.87. The van der Waals surface area contributed by atoms with Gasteiger partial charge in [0.25, 0.3) is 0 Å². The molecule has 1 aromatic rings. The van der Waals surface area contributed by atoms with Crippen molar-refractivity contribution in [3.63, 3.8) is 0 Å². The molecule has 4 heteroatoms. The third-order valence-electron chi connectivity index (χ3n) is 3.51. The zero-order chi connectivity index (χ0) is 11.4. The van der Waals surface area contributed by atoms with Gasteiger partial charge in [-0.15, -0.1) is 0 Å². The number of rotatable bonds is 4. The maximum Gasteiger partial charge on any atom is 0.0771 e. The lowest BCUT2D eigenvalue weighted by molar-refractivity contribution is 0.00291. The van der Waals surface area contributed by atoms with Gasteiger partial charge in [0.2, 0.25) is 0 Å². The van der Waals surface area contributed by atoms with Crippen LogP contribution in [0.2, 0.25) is 0 Å². The number of aromatic amines is 1. The Morgan fingerprint density at radius 2 is 2.25 bits per heavy atom. The van der Waals surface area contributed by atoms with E-state index in [1.807, 2.05) is 6.07 Å². The van der Waals surface area contributed by atoms with Gasteiger partial charge in [0.05, 0.1) is 11.3 Å². The molecule has 2 rings (SSSR count). The maximum atomic E-state index is 10.3. The van der Waals surface area contributed by atoms with E-state index in [0.29, 0.717) is 6.54 Å². The highest BCUT2D eigenvalue weighted by atomic mass is 16.3. The average Bonchev–Trinajstić information content (AvgIpc) is 2.80. The predicted molar refractivity (Wildman–Crippen MR) is 63.0 cm³/mol. The Hall–Kier alpha value is -0.870. The van der Waals surface area contributed by atoms with Crippen molar-refractivity contribution in [2.45, 2.75) is 50.7 Å². The van der Waals surface area contributed by atoms with E-state index in [1.165, 1.54) is 6.42 Å². The molecule has 3 N–H and O–H groups in total. The number of nitrogens with one attached hydrogen (secondary N) is 2. The molecule has 4 nitrogen and oxygen atoms in total. The van der Waals surface area contributed by atoms with Crippen LogP contribution in [0.4, 0.5) is 0 Å². The highest BCUT2D eigenvalue weighted by Gasteiger charge is 2.29. The summed E-state index contributed by atoms with van der Waals surface area (Å²) in [4.78, 5) is 0. The Morgan fingerprint density at radius 1 is 1.50 bits per heavy atom. The van der Waals surface area contributed by atoms with Crippen LogP contribution < -0.4 is 5.32 Å². The standard InChI is InChI=1S/C12H21N3O/c1-10(11-5-8-14-15-11)13-9-12(16)6-3-2-4-7-12/h5,8,10,13,16H,2-4,6-7,9H2,1H3,(H,14,15).